The summed E-state index contributed by atoms with van der Waals surface area (Å²) in [6, 6.07) is 14.6. The number of rotatable bonds is 8. The summed E-state index contributed by atoms with van der Waals surface area (Å²) in [4.78, 5) is 28.1. The molecule has 0 bridgehead atoms. The van der Waals surface area contributed by atoms with Crippen LogP contribution in [-0.2, 0) is 21.4 Å². The molecular formula is C23H20ClN3O5S2. The van der Waals surface area contributed by atoms with E-state index < -0.39 is 22.0 Å². The van der Waals surface area contributed by atoms with Gasteiger partial charge < -0.3 is 15.0 Å². The minimum absolute atomic E-state index is 0.0976. The Balaban J connectivity index is 1.72. The van der Waals surface area contributed by atoms with Crippen molar-refractivity contribution in [2.24, 2.45) is 0 Å². The first-order valence-electron chi connectivity index (χ1n) is 10.1. The lowest BCUT2D eigenvalue weighted by atomic mass is 10.1. The molecule has 0 aliphatic carbocycles. The average Bonchev–Trinajstić information content (AvgIpc) is 3.34. The Kier molecular flexibility index (Phi) is 7.03. The molecule has 0 spiro atoms. The Morgan fingerprint density at radius 3 is 2.68 bits per heavy atom. The lowest BCUT2D eigenvalue weighted by molar-refractivity contribution is -0.123. The van der Waals surface area contributed by atoms with Gasteiger partial charge in [-0.2, -0.15) is 4.72 Å². The van der Waals surface area contributed by atoms with Gasteiger partial charge in [0.1, 0.15) is 16.7 Å². The zero-order chi connectivity index (χ0) is 24.3. The second-order valence-electron chi connectivity index (χ2n) is 7.29. The average molecular weight is 518 g/mol. The third-order valence-electron chi connectivity index (χ3n) is 5.07. The number of nitrogens with one attached hydrogen (secondary N) is 3. The number of thiophene rings is 1. The van der Waals surface area contributed by atoms with Crippen LogP contribution in [0.5, 0.6) is 5.75 Å². The maximum absolute atomic E-state index is 13.4. The Labute approximate surface area is 204 Å². The second kappa shape index (κ2) is 9.98. The highest BCUT2D eigenvalue weighted by Gasteiger charge is 2.31. The molecular weight excluding hydrogens is 498 g/mol. The van der Waals surface area contributed by atoms with Gasteiger partial charge in [-0.05, 0) is 41.1 Å². The molecule has 1 atom stereocenters. The highest BCUT2D eigenvalue weighted by atomic mass is 35.5. The fourth-order valence-electron chi connectivity index (χ4n) is 3.43. The number of halogens is 1. The van der Waals surface area contributed by atoms with Gasteiger partial charge in [-0.15, -0.1) is 11.3 Å². The van der Waals surface area contributed by atoms with E-state index in [1.165, 1.54) is 42.7 Å². The van der Waals surface area contributed by atoms with Gasteiger partial charge in [0.05, 0.1) is 18.7 Å². The van der Waals surface area contributed by atoms with Gasteiger partial charge in [0.2, 0.25) is 21.5 Å². The van der Waals surface area contributed by atoms with Crippen molar-refractivity contribution in [3.63, 3.8) is 0 Å². The van der Waals surface area contributed by atoms with Crippen LogP contribution < -0.4 is 20.3 Å². The highest BCUT2D eigenvalue weighted by molar-refractivity contribution is 7.89. The van der Waals surface area contributed by atoms with Crippen LogP contribution >= 0.6 is 22.9 Å². The summed E-state index contributed by atoms with van der Waals surface area (Å²) in [5.74, 6) is -0.202. The zero-order valence-electron chi connectivity index (χ0n) is 17.9. The number of H-pyrrole nitrogens is 1. The first-order valence-corrected chi connectivity index (χ1v) is 12.8. The summed E-state index contributed by atoms with van der Waals surface area (Å²) >= 11 is 7.74. The summed E-state index contributed by atoms with van der Waals surface area (Å²) < 4.78 is 34.6. The van der Waals surface area contributed by atoms with Gasteiger partial charge in [0.15, 0.2) is 0 Å². The molecule has 4 aromatic rings. The minimum Gasteiger partial charge on any atom is -0.496 e. The fraction of sp³-hybridized carbons (Fsp3) is 0.130. The molecule has 2 heterocycles. The molecule has 8 nitrogen and oxygen atoms in total. The molecule has 0 fully saturated rings. The van der Waals surface area contributed by atoms with Gasteiger partial charge in [0.25, 0.3) is 0 Å². The van der Waals surface area contributed by atoms with Crippen molar-refractivity contribution in [3.05, 3.63) is 91.9 Å². The number of hydrogen-bond acceptors (Lipinski definition) is 6. The van der Waals surface area contributed by atoms with Gasteiger partial charge in [-0.25, -0.2) is 8.42 Å². The highest BCUT2D eigenvalue weighted by Crippen LogP contribution is 2.30. The number of ether oxygens (including phenoxy) is 1. The van der Waals surface area contributed by atoms with E-state index in [-0.39, 0.29) is 22.0 Å². The molecule has 3 N–H and O–H groups in total. The first-order chi connectivity index (χ1) is 16.3. The van der Waals surface area contributed by atoms with Gasteiger partial charge >= 0.3 is 0 Å². The zero-order valence-corrected chi connectivity index (χ0v) is 20.3. The van der Waals surface area contributed by atoms with E-state index in [4.69, 9.17) is 16.3 Å². The SMILES string of the molecule is COc1ccccc1C(NS(=O)(=O)c1cc2ccc(=O)[nH]c2cc1Cl)C(=O)NCc1cccs1. The van der Waals surface area contributed by atoms with E-state index in [0.29, 0.717) is 22.2 Å². The molecule has 0 aliphatic rings. The topological polar surface area (TPSA) is 117 Å². The monoisotopic (exact) mass is 517 g/mol. The lowest BCUT2D eigenvalue weighted by Crippen LogP contribution is -2.40. The third kappa shape index (κ3) is 5.15. The predicted octanol–water partition coefficient (Wildman–Crippen LogP) is 3.59. The van der Waals surface area contributed by atoms with E-state index >= 15 is 0 Å². The second-order valence-corrected chi connectivity index (χ2v) is 10.4. The number of sulfonamides is 1. The van der Waals surface area contributed by atoms with E-state index in [0.717, 1.165) is 4.88 Å². The van der Waals surface area contributed by atoms with Crippen molar-refractivity contribution in [2.75, 3.05) is 7.11 Å². The van der Waals surface area contributed by atoms with Crippen LogP contribution in [0.25, 0.3) is 10.9 Å². The van der Waals surface area contributed by atoms with Crippen LogP contribution in [-0.4, -0.2) is 26.4 Å². The lowest BCUT2D eigenvalue weighted by Gasteiger charge is -2.21. The molecule has 1 unspecified atom stereocenters. The number of benzene rings is 2. The van der Waals surface area contributed by atoms with E-state index in [1.807, 2.05) is 17.5 Å². The van der Waals surface area contributed by atoms with Crippen LogP contribution in [0.1, 0.15) is 16.5 Å². The Hall–Kier alpha value is -3.18. The molecule has 0 saturated carbocycles. The van der Waals surface area contributed by atoms with E-state index in [2.05, 4.69) is 15.0 Å². The standard InChI is InChI=1S/C23H20ClN3O5S2/c1-32-19-7-3-2-6-16(19)22(23(29)25-13-15-5-4-10-33-15)27-34(30,31)20-11-14-8-9-21(28)26-18(14)12-17(20)24/h2-12,22,27H,13H2,1H3,(H,25,29)(H,26,28). The number of methoxy groups -OCH3 is 1. The summed E-state index contributed by atoms with van der Waals surface area (Å²) in [7, 11) is -2.83. The minimum atomic E-state index is -4.27. The Morgan fingerprint density at radius 2 is 1.94 bits per heavy atom. The van der Waals surface area contributed by atoms with Gasteiger partial charge in [-0.1, -0.05) is 35.9 Å². The molecule has 176 valence electrons. The Bertz CT molecular complexity index is 1500. The smallest absolute Gasteiger partial charge is 0.248 e. The largest absolute Gasteiger partial charge is 0.496 e. The number of aromatic amines is 1. The van der Waals surface area contributed by atoms with E-state index in [9.17, 15) is 18.0 Å². The van der Waals surface area contributed by atoms with Crippen molar-refractivity contribution in [2.45, 2.75) is 17.5 Å². The molecule has 34 heavy (non-hydrogen) atoms. The number of carbonyl (C=O) groups is 1. The summed E-state index contributed by atoms with van der Waals surface area (Å²) in [6.07, 6.45) is 0. The van der Waals surface area contributed by atoms with Crippen LogP contribution in [0, 0.1) is 0 Å². The third-order valence-corrected chi connectivity index (χ3v) is 7.83. The maximum atomic E-state index is 13.4. The molecule has 11 heteroatoms. The van der Waals surface area contributed by atoms with Crippen LogP contribution in [0.4, 0.5) is 0 Å². The molecule has 4 rings (SSSR count). The number of aromatic nitrogens is 1. The normalized spacial score (nSPS) is 12.4. The van der Waals surface area contributed by atoms with Gasteiger partial charge in [-0.3, -0.25) is 9.59 Å². The fourth-order valence-corrected chi connectivity index (χ4v) is 5.81. The molecule has 0 saturated heterocycles. The quantitative estimate of drug-likeness (QED) is 0.330. The number of carbonyl (C=O) groups excluding carboxylic acids is 1. The molecule has 1 amide bonds. The molecule has 2 aromatic heterocycles. The van der Waals surface area contributed by atoms with Crippen LogP contribution in [0.2, 0.25) is 5.02 Å². The van der Waals surface area contributed by atoms with Crippen molar-refractivity contribution in [1.29, 1.82) is 0 Å². The van der Waals surface area contributed by atoms with Crippen LogP contribution in [0.15, 0.2) is 75.7 Å². The van der Waals surface area contributed by atoms with Crippen molar-refractivity contribution < 1.29 is 17.9 Å². The number of hydrogen-bond donors (Lipinski definition) is 3. The van der Waals surface area contributed by atoms with E-state index in [1.54, 1.807) is 24.3 Å². The number of amides is 1. The number of fused-ring (bicyclic) bond motifs is 1. The summed E-state index contributed by atoms with van der Waals surface area (Å²) in [6.45, 7) is 0.244. The van der Waals surface area contributed by atoms with Crippen molar-refractivity contribution in [1.82, 2.24) is 15.0 Å². The predicted molar refractivity (Wildman–Crippen MR) is 132 cm³/mol. The van der Waals surface area contributed by atoms with Gasteiger partial charge in [0, 0.05) is 22.0 Å². The molecule has 2 aromatic carbocycles. The molecule has 0 aliphatic heterocycles. The summed E-state index contributed by atoms with van der Waals surface area (Å²) in [5.41, 5.74) is 0.404. The van der Waals surface area contributed by atoms with Crippen LogP contribution in [0.3, 0.4) is 0 Å². The molecule has 0 radical (unpaired) electrons. The Morgan fingerprint density at radius 1 is 1.15 bits per heavy atom. The number of para-hydroxylation sites is 1. The first kappa shape index (κ1) is 24.0. The van der Waals surface area contributed by atoms with Crippen molar-refractivity contribution >= 4 is 49.8 Å². The number of pyridine rings is 1. The maximum Gasteiger partial charge on any atom is 0.248 e. The summed E-state index contributed by atoms with van der Waals surface area (Å²) in [5, 5.41) is 5.04. The van der Waals surface area contributed by atoms with Crippen molar-refractivity contribution in [3.8, 4) is 5.75 Å².